The van der Waals surface area contributed by atoms with Gasteiger partial charge in [0.25, 0.3) is 12.1 Å². The predicted molar refractivity (Wildman–Crippen MR) is 74.5 cm³/mol. The van der Waals surface area contributed by atoms with E-state index in [1.807, 2.05) is 12.1 Å². The van der Waals surface area contributed by atoms with Crippen molar-refractivity contribution >= 4 is 11.4 Å². The summed E-state index contributed by atoms with van der Waals surface area (Å²) in [6.07, 6.45) is 1.19. The molecule has 0 amide bonds. The molecule has 5 nitrogen and oxygen atoms in total. The molecule has 0 bridgehead atoms. The quantitative estimate of drug-likeness (QED) is 0.653. The van der Waals surface area contributed by atoms with Gasteiger partial charge >= 0.3 is 0 Å². The van der Waals surface area contributed by atoms with Crippen molar-refractivity contribution in [3.05, 3.63) is 64.0 Å². The molecule has 110 valence electrons. The number of nitro groups is 1. The Morgan fingerprint density at radius 2 is 1.95 bits per heavy atom. The summed E-state index contributed by atoms with van der Waals surface area (Å²) in [5, 5.41) is 13.5. The van der Waals surface area contributed by atoms with Crippen LogP contribution in [0.2, 0.25) is 0 Å². The number of benzene rings is 1. The van der Waals surface area contributed by atoms with E-state index in [9.17, 15) is 18.9 Å². The summed E-state index contributed by atoms with van der Waals surface area (Å²) in [4.78, 5) is 13.8. The topological polar surface area (TPSA) is 68.1 Å². The van der Waals surface area contributed by atoms with Crippen molar-refractivity contribution < 1.29 is 13.7 Å². The number of rotatable bonds is 6. The molecule has 7 heteroatoms. The monoisotopic (exact) mass is 293 g/mol. The molecular formula is C14H13F2N3O2. The van der Waals surface area contributed by atoms with E-state index < -0.39 is 11.3 Å². The van der Waals surface area contributed by atoms with E-state index in [2.05, 4.69) is 10.3 Å². The number of anilines is 1. The van der Waals surface area contributed by atoms with Crippen molar-refractivity contribution in [3.8, 4) is 0 Å². The summed E-state index contributed by atoms with van der Waals surface area (Å²) in [7, 11) is 0. The summed E-state index contributed by atoms with van der Waals surface area (Å²) in [5.41, 5.74) is 0.534. The minimum Gasteiger partial charge on any atom is -0.384 e. The zero-order valence-electron chi connectivity index (χ0n) is 11.0. The first kappa shape index (κ1) is 14.8. The van der Waals surface area contributed by atoms with Crippen LogP contribution in [-0.4, -0.2) is 16.5 Å². The predicted octanol–water partition coefficient (Wildman–Crippen LogP) is 3.58. The molecule has 2 rings (SSSR count). The molecule has 1 N–H and O–H groups in total. The van der Waals surface area contributed by atoms with Crippen LogP contribution in [0.1, 0.15) is 17.6 Å². The maximum Gasteiger partial charge on any atom is 0.270 e. The first-order valence-corrected chi connectivity index (χ1v) is 6.27. The van der Waals surface area contributed by atoms with E-state index in [0.717, 1.165) is 11.6 Å². The third-order valence-corrected chi connectivity index (χ3v) is 2.96. The molecule has 0 unspecified atom stereocenters. The first-order valence-electron chi connectivity index (χ1n) is 6.27. The smallest absolute Gasteiger partial charge is 0.270 e. The highest BCUT2D eigenvalue weighted by Gasteiger charge is 2.17. The average molecular weight is 293 g/mol. The average Bonchev–Trinajstić information content (AvgIpc) is 2.48. The fourth-order valence-electron chi connectivity index (χ4n) is 1.90. The lowest BCUT2D eigenvalue weighted by Gasteiger charge is -2.11. The molecule has 0 aliphatic heterocycles. The Labute approximate surface area is 119 Å². The van der Waals surface area contributed by atoms with Gasteiger partial charge in [-0.15, -0.1) is 0 Å². The Bertz CT molecular complexity index is 621. The number of nitrogens with one attached hydrogen (secondary N) is 1. The van der Waals surface area contributed by atoms with Gasteiger partial charge in [-0.1, -0.05) is 0 Å². The normalized spacial score (nSPS) is 10.6. The van der Waals surface area contributed by atoms with Crippen LogP contribution in [0, 0.1) is 10.1 Å². The fourth-order valence-corrected chi connectivity index (χ4v) is 1.90. The van der Waals surface area contributed by atoms with Gasteiger partial charge in [0.05, 0.1) is 4.92 Å². The van der Waals surface area contributed by atoms with Crippen molar-refractivity contribution in [1.29, 1.82) is 0 Å². The van der Waals surface area contributed by atoms with E-state index in [-0.39, 0.29) is 16.9 Å². The molecule has 1 heterocycles. The van der Waals surface area contributed by atoms with Gasteiger partial charge in [-0.3, -0.25) is 15.1 Å². The summed E-state index contributed by atoms with van der Waals surface area (Å²) < 4.78 is 25.9. The van der Waals surface area contributed by atoms with Crippen LogP contribution in [0.15, 0.2) is 42.7 Å². The number of pyridine rings is 1. The van der Waals surface area contributed by atoms with Gasteiger partial charge in [0, 0.05) is 42.3 Å². The van der Waals surface area contributed by atoms with Gasteiger partial charge < -0.3 is 5.32 Å². The van der Waals surface area contributed by atoms with Crippen molar-refractivity contribution in [2.75, 3.05) is 11.9 Å². The molecular weight excluding hydrogens is 280 g/mol. The molecule has 0 fully saturated rings. The van der Waals surface area contributed by atoms with Gasteiger partial charge in [-0.25, -0.2) is 8.78 Å². The van der Waals surface area contributed by atoms with Crippen LogP contribution in [0.25, 0.3) is 0 Å². The lowest BCUT2D eigenvalue weighted by Crippen LogP contribution is -2.07. The molecule has 1 aromatic carbocycles. The van der Waals surface area contributed by atoms with Gasteiger partial charge in [0.15, 0.2) is 0 Å². The van der Waals surface area contributed by atoms with Crippen molar-refractivity contribution in [2.45, 2.75) is 12.8 Å². The lowest BCUT2D eigenvalue weighted by molar-refractivity contribution is -0.385. The van der Waals surface area contributed by atoms with Crippen molar-refractivity contribution in [3.63, 3.8) is 0 Å². The number of alkyl halides is 2. The SMILES string of the molecule is O=[N+]([O-])c1ccc(NCCc2ccncc2)c(C(F)F)c1. The maximum atomic E-state index is 13.0. The van der Waals surface area contributed by atoms with E-state index in [1.54, 1.807) is 12.4 Å². The van der Waals surface area contributed by atoms with E-state index in [4.69, 9.17) is 0 Å². The Kier molecular flexibility index (Phi) is 4.76. The largest absolute Gasteiger partial charge is 0.384 e. The van der Waals surface area contributed by atoms with Crippen LogP contribution in [0.3, 0.4) is 0 Å². The maximum absolute atomic E-state index is 13.0. The zero-order chi connectivity index (χ0) is 15.2. The van der Waals surface area contributed by atoms with Crippen molar-refractivity contribution in [1.82, 2.24) is 4.98 Å². The molecule has 0 saturated heterocycles. The van der Waals surface area contributed by atoms with Crippen LogP contribution < -0.4 is 5.32 Å². The highest BCUT2D eigenvalue weighted by Crippen LogP contribution is 2.30. The van der Waals surface area contributed by atoms with E-state index in [1.165, 1.54) is 12.1 Å². The second-order valence-corrected chi connectivity index (χ2v) is 4.36. The minimum atomic E-state index is -2.77. The molecule has 1 aromatic heterocycles. The highest BCUT2D eigenvalue weighted by atomic mass is 19.3. The number of nitrogens with zero attached hydrogens (tertiary/aromatic N) is 2. The molecule has 0 atom stereocenters. The van der Waals surface area contributed by atoms with Gasteiger partial charge in [0.1, 0.15) is 0 Å². The van der Waals surface area contributed by atoms with Gasteiger partial charge in [0.2, 0.25) is 0 Å². The lowest BCUT2D eigenvalue weighted by atomic mass is 10.1. The molecule has 21 heavy (non-hydrogen) atoms. The van der Waals surface area contributed by atoms with Crippen LogP contribution in [0.5, 0.6) is 0 Å². The molecule has 2 aromatic rings. The van der Waals surface area contributed by atoms with Crippen LogP contribution in [0.4, 0.5) is 20.2 Å². The molecule has 0 aliphatic rings. The molecule has 0 saturated carbocycles. The fraction of sp³-hybridized carbons (Fsp3) is 0.214. The summed E-state index contributed by atoms with van der Waals surface area (Å²) in [5.74, 6) is 0. The Balaban J connectivity index is 2.07. The van der Waals surface area contributed by atoms with Crippen LogP contribution in [-0.2, 0) is 6.42 Å². The first-order chi connectivity index (χ1) is 10.1. The number of aromatic nitrogens is 1. The van der Waals surface area contributed by atoms with E-state index >= 15 is 0 Å². The third-order valence-electron chi connectivity index (χ3n) is 2.96. The Morgan fingerprint density at radius 1 is 1.24 bits per heavy atom. The number of hydrogen-bond donors (Lipinski definition) is 1. The number of nitro benzene ring substituents is 1. The Hall–Kier alpha value is -2.57. The summed E-state index contributed by atoms with van der Waals surface area (Å²) in [6.45, 7) is 0.446. The summed E-state index contributed by atoms with van der Waals surface area (Å²) >= 11 is 0. The number of non-ortho nitro benzene ring substituents is 1. The van der Waals surface area contributed by atoms with Gasteiger partial charge in [-0.05, 0) is 30.2 Å². The molecule has 0 aliphatic carbocycles. The van der Waals surface area contributed by atoms with E-state index in [0.29, 0.717) is 13.0 Å². The zero-order valence-corrected chi connectivity index (χ0v) is 11.0. The third kappa shape index (κ3) is 3.95. The second kappa shape index (κ2) is 6.74. The minimum absolute atomic E-state index is 0.213. The van der Waals surface area contributed by atoms with Crippen LogP contribution >= 0.6 is 0 Å². The second-order valence-electron chi connectivity index (χ2n) is 4.36. The standard InChI is InChI=1S/C14H13F2N3O2/c15-14(16)12-9-11(19(20)21)1-2-13(12)18-8-5-10-3-6-17-7-4-10/h1-4,6-7,9,14,18H,5,8H2. The number of halogens is 2. The van der Waals surface area contributed by atoms with Crippen molar-refractivity contribution in [2.24, 2.45) is 0 Å². The molecule has 0 radical (unpaired) electrons. The van der Waals surface area contributed by atoms with Gasteiger partial charge in [-0.2, -0.15) is 0 Å². The molecule has 0 spiro atoms. The summed E-state index contributed by atoms with van der Waals surface area (Å²) in [6, 6.07) is 7.10. The Morgan fingerprint density at radius 3 is 2.57 bits per heavy atom. The number of hydrogen-bond acceptors (Lipinski definition) is 4. The highest BCUT2D eigenvalue weighted by molar-refractivity contribution is 5.56.